The summed E-state index contributed by atoms with van der Waals surface area (Å²) in [4.78, 5) is 9.75. The molecule has 2 nitrogen and oxygen atoms in total. The first kappa shape index (κ1) is 16.3. The monoisotopic (exact) mass is 156 g/mol. The zero-order chi connectivity index (χ0) is 9.70. The van der Waals surface area contributed by atoms with Gasteiger partial charge in [0.25, 0.3) is 0 Å². The second-order valence-electron chi connectivity index (χ2n) is 1.18. The number of ether oxygens (including phenoxy) is 1. The Labute approximate surface area is 68.9 Å². The Balaban J connectivity index is -0.000000109. The Morgan fingerprint density at radius 2 is 1.64 bits per heavy atom. The molecule has 0 aromatic heterocycles. The van der Waals surface area contributed by atoms with E-state index in [-0.39, 0.29) is 5.97 Å². The number of carbonyl (C=O) groups is 1. The van der Waals surface area contributed by atoms with E-state index >= 15 is 0 Å². The van der Waals surface area contributed by atoms with Gasteiger partial charge >= 0.3 is 5.97 Å². The highest BCUT2D eigenvalue weighted by molar-refractivity contribution is 5.66. The minimum Gasteiger partial charge on any atom is -0.435 e. The summed E-state index contributed by atoms with van der Waals surface area (Å²) >= 11 is 0. The average Bonchev–Trinajstić information content (AvgIpc) is 1.93. The Bertz CT molecular complexity index is 106. The summed E-state index contributed by atoms with van der Waals surface area (Å²) in [5, 5.41) is 0. The smallest absolute Gasteiger partial charge is 0.307 e. The van der Waals surface area contributed by atoms with Gasteiger partial charge in [0.1, 0.15) is 0 Å². The molecular formula is C9H16O2. The Morgan fingerprint density at radius 3 is 1.64 bits per heavy atom. The predicted molar refractivity (Wildman–Crippen MR) is 49.1 cm³/mol. The predicted octanol–water partition coefficient (Wildman–Crippen LogP) is 2.69. The second kappa shape index (κ2) is 23.4. The van der Waals surface area contributed by atoms with Crippen molar-refractivity contribution < 1.29 is 9.53 Å². The minimum absolute atomic E-state index is 0.329. The maximum absolute atomic E-state index is 9.75. The molecule has 0 aliphatic carbocycles. The number of hydrogen-bond donors (Lipinski definition) is 0. The molecule has 0 aliphatic heterocycles. The van der Waals surface area contributed by atoms with Crippen molar-refractivity contribution in [2.24, 2.45) is 0 Å². The molecule has 0 radical (unpaired) electrons. The van der Waals surface area contributed by atoms with Gasteiger partial charge in [-0.2, -0.15) is 0 Å². The van der Waals surface area contributed by atoms with Gasteiger partial charge in [0.2, 0.25) is 0 Å². The third-order valence-electron chi connectivity index (χ3n) is 0.249. The van der Waals surface area contributed by atoms with Crippen LogP contribution in [0.5, 0.6) is 0 Å². The maximum Gasteiger partial charge on any atom is 0.307 e. The SMILES string of the molecule is C=C.C=CC.C=COC(C)=O. The van der Waals surface area contributed by atoms with Crippen LogP contribution >= 0.6 is 0 Å². The van der Waals surface area contributed by atoms with Crippen LogP contribution in [0.2, 0.25) is 0 Å². The van der Waals surface area contributed by atoms with E-state index in [1.165, 1.54) is 6.92 Å². The van der Waals surface area contributed by atoms with Gasteiger partial charge in [-0.25, -0.2) is 0 Å². The molecule has 2 heteroatoms. The van der Waals surface area contributed by atoms with Crippen LogP contribution in [-0.4, -0.2) is 5.97 Å². The summed E-state index contributed by atoms with van der Waals surface area (Å²) in [7, 11) is 0. The van der Waals surface area contributed by atoms with Crippen molar-refractivity contribution >= 4 is 5.97 Å². The van der Waals surface area contributed by atoms with E-state index in [2.05, 4.69) is 31.1 Å². The lowest BCUT2D eigenvalue weighted by Crippen LogP contribution is -1.87. The molecule has 0 atom stereocenters. The standard InChI is InChI=1S/C4H6O2.C3H6.C2H4/c1-3-6-4(2)5;1-3-2;1-2/h3H,1H2,2H3;3H,1H2,2H3;1-2H2. The molecule has 0 spiro atoms. The van der Waals surface area contributed by atoms with Crippen LogP contribution in [-0.2, 0) is 9.53 Å². The van der Waals surface area contributed by atoms with E-state index in [0.29, 0.717) is 0 Å². The van der Waals surface area contributed by atoms with E-state index in [1.54, 1.807) is 6.08 Å². The molecule has 0 saturated heterocycles. The molecule has 0 rings (SSSR count). The summed E-state index contributed by atoms with van der Waals surface area (Å²) < 4.78 is 4.17. The molecule has 0 saturated carbocycles. The number of hydrogen-bond acceptors (Lipinski definition) is 2. The summed E-state index contributed by atoms with van der Waals surface area (Å²) in [5.74, 6) is -0.329. The normalized spacial score (nSPS) is 5.27. The highest BCUT2D eigenvalue weighted by Gasteiger charge is 1.79. The first-order valence-corrected chi connectivity index (χ1v) is 3.04. The highest BCUT2D eigenvalue weighted by Crippen LogP contribution is 1.70. The Morgan fingerprint density at radius 1 is 1.36 bits per heavy atom. The zero-order valence-electron chi connectivity index (χ0n) is 7.30. The summed E-state index contributed by atoms with van der Waals surface area (Å²) in [5.41, 5.74) is 0. The van der Waals surface area contributed by atoms with E-state index in [1.807, 2.05) is 6.92 Å². The number of carbonyl (C=O) groups excluding carboxylic acids is 1. The van der Waals surface area contributed by atoms with Crippen molar-refractivity contribution in [3.8, 4) is 0 Å². The van der Waals surface area contributed by atoms with Crippen LogP contribution in [0.4, 0.5) is 0 Å². The fraction of sp³-hybridized carbons (Fsp3) is 0.222. The summed E-state index contributed by atoms with van der Waals surface area (Å²) in [6, 6.07) is 0. The molecule has 0 N–H and O–H groups in total. The molecule has 0 aromatic rings. The zero-order valence-corrected chi connectivity index (χ0v) is 7.30. The third kappa shape index (κ3) is 136. The van der Waals surface area contributed by atoms with Gasteiger partial charge in [-0.05, 0) is 6.92 Å². The first-order chi connectivity index (χ1) is 5.18. The van der Waals surface area contributed by atoms with Crippen molar-refractivity contribution in [2.45, 2.75) is 13.8 Å². The van der Waals surface area contributed by atoms with Gasteiger partial charge < -0.3 is 4.74 Å². The van der Waals surface area contributed by atoms with Gasteiger partial charge in [-0.3, -0.25) is 4.79 Å². The molecule has 64 valence electrons. The number of allylic oxidation sites excluding steroid dienone is 1. The van der Waals surface area contributed by atoms with Gasteiger partial charge in [0.15, 0.2) is 0 Å². The quantitative estimate of drug-likeness (QED) is 0.331. The molecule has 0 amide bonds. The van der Waals surface area contributed by atoms with Crippen LogP contribution < -0.4 is 0 Å². The van der Waals surface area contributed by atoms with Crippen LogP contribution in [0.3, 0.4) is 0 Å². The van der Waals surface area contributed by atoms with Crippen LogP contribution in [0.25, 0.3) is 0 Å². The molecule has 0 aliphatic rings. The molecule has 0 heterocycles. The van der Waals surface area contributed by atoms with Gasteiger partial charge in [0.05, 0.1) is 6.26 Å². The maximum atomic E-state index is 9.75. The second-order valence-corrected chi connectivity index (χ2v) is 1.18. The number of esters is 1. The highest BCUT2D eigenvalue weighted by atomic mass is 16.5. The van der Waals surface area contributed by atoms with Gasteiger partial charge in [0, 0.05) is 6.92 Å². The third-order valence-corrected chi connectivity index (χ3v) is 0.249. The lowest BCUT2D eigenvalue weighted by atomic mass is 10.8. The average molecular weight is 156 g/mol. The van der Waals surface area contributed by atoms with Crippen molar-refractivity contribution in [1.82, 2.24) is 0 Å². The van der Waals surface area contributed by atoms with Crippen molar-refractivity contribution in [2.75, 3.05) is 0 Å². The van der Waals surface area contributed by atoms with E-state index in [9.17, 15) is 4.79 Å². The van der Waals surface area contributed by atoms with Crippen molar-refractivity contribution in [3.63, 3.8) is 0 Å². The van der Waals surface area contributed by atoms with E-state index in [4.69, 9.17) is 0 Å². The van der Waals surface area contributed by atoms with Crippen molar-refractivity contribution in [3.05, 3.63) is 38.7 Å². The first-order valence-electron chi connectivity index (χ1n) is 3.04. The molecule has 11 heavy (non-hydrogen) atoms. The molecule has 0 fully saturated rings. The molecule has 0 unspecified atom stereocenters. The van der Waals surface area contributed by atoms with Crippen LogP contribution in [0, 0.1) is 0 Å². The van der Waals surface area contributed by atoms with Crippen LogP contribution in [0.1, 0.15) is 13.8 Å². The van der Waals surface area contributed by atoms with Gasteiger partial charge in [-0.1, -0.05) is 12.7 Å². The Kier molecular flexibility index (Phi) is 34.7. The lowest BCUT2D eigenvalue weighted by molar-refractivity contribution is -0.135. The fourth-order valence-corrected chi connectivity index (χ4v) is 0.117. The van der Waals surface area contributed by atoms with Crippen LogP contribution in [0.15, 0.2) is 38.7 Å². The van der Waals surface area contributed by atoms with E-state index in [0.717, 1.165) is 6.26 Å². The van der Waals surface area contributed by atoms with Crippen molar-refractivity contribution in [1.29, 1.82) is 0 Å². The molecule has 0 bridgehead atoms. The minimum atomic E-state index is -0.329. The topological polar surface area (TPSA) is 26.3 Å². The largest absolute Gasteiger partial charge is 0.435 e. The molecular weight excluding hydrogens is 140 g/mol. The summed E-state index contributed by atoms with van der Waals surface area (Å²) in [6.07, 6.45) is 2.85. The van der Waals surface area contributed by atoms with E-state index < -0.39 is 0 Å². The number of rotatable bonds is 1. The van der Waals surface area contributed by atoms with Gasteiger partial charge in [-0.15, -0.1) is 19.7 Å². The Hall–Kier alpha value is -1.31. The fourth-order valence-electron chi connectivity index (χ4n) is 0.117. The summed E-state index contributed by atoms with van der Waals surface area (Å²) in [6.45, 7) is 15.7. The lowest BCUT2D eigenvalue weighted by Gasteiger charge is -1.83. The molecule has 0 aromatic carbocycles.